The van der Waals surface area contributed by atoms with E-state index in [1.165, 1.54) is 5.56 Å². The maximum Gasteiger partial charge on any atom is 0.161 e. The van der Waals surface area contributed by atoms with E-state index >= 15 is 0 Å². The Morgan fingerprint density at radius 3 is 2.59 bits per heavy atom. The maximum absolute atomic E-state index is 5.92. The van der Waals surface area contributed by atoms with E-state index in [4.69, 9.17) is 15.2 Å². The highest BCUT2D eigenvalue weighted by Crippen LogP contribution is 2.30. The quantitative estimate of drug-likeness (QED) is 0.759. The lowest BCUT2D eigenvalue weighted by Crippen LogP contribution is -2.02. The first-order valence-electron chi connectivity index (χ1n) is 7.56. The number of rotatable bonds is 8. The zero-order valence-corrected chi connectivity index (χ0v) is 14.4. The van der Waals surface area contributed by atoms with Gasteiger partial charge in [-0.2, -0.15) is 0 Å². The fourth-order valence-corrected chi connectivity index (χ4v) is 2.64. The molecule has 0 aliphatic rings. The van der Waals surface area contributed by atoms with E-state index in [2.05, 4.69) is 34.1 Å². The highest BCUT2D eigenvalue weighted by atomic mass is 79.9. The lowest BCUT2D eigenvalue weighted by molar-refractivity contribution is 0.269. The Kier molecular flexibility index (Phi) is 6.74. The zero-order chi connectivity index (χ0) is 15.8. The predicted octanol–water partition coefficient (Wildman–Crippen LogP) is 4.32. The van der Waals surface area contributed by atoms with Crippen molar-refractivity contribution in [1.82, 2.24) is 0 Å². The van der Waals surface area contributed by atoms with Gasteiger partial charge < -0.3 is 15.2 Å². The summed E-state index contributed by atoms with van der Waals surface area (Å²) in [5, 5.41) is 0. The van der Waals surface area contributed by atoms with Crippen LogP contribution >= 0.6 is 15.9 Å². The SMILES string of the molecule is CCOc1cc(CCCN)ccc1OCc1cccc(Br)c1. The van der Waals surface area contributed by atoms with Crippen molar-refractivity contribution in [3.8, 4) is 11.5 Å². The van der Waals surface area contributed by atoms with Gasteiger partial charge in [0, 0.05) is 4.47 Å². The van der Waals surface area contributed by atoms with Gasteiger partial charge in [-0.25, -0.2) is 0 Å². The zero-order valence-electron chi connectivity index (χ0n) is 12.8. The van der Waals surface area contributed by atoms with Gasteiger partial charge in [-0.15, -0.1) is 0 Å². The van der Waals surface area contributed by atoms with Gasteiger partial charge in [0.25, 0.3) is 0 Å². The fraction of sp³-hybridized carbons (Fsp3) is 0.333. The number of nitrogens with two attached hydrogens (primary N) is 1. The van der Waals surface area contributed by atoms with Crippen LogP contribution in [0.5, 0.6) is 11.5 Å². The molecule has 0 fully saturated rings. The average molecular weight is 364 g/mol. The van der Waals surface area contributed by atoms with Crippen molar-refractivity contribution in [1.29, 1.82) is 0 Å². The first kappa shape index (κ1) is 16.8. The van der Waals surface area contributed by atoms with Crippen molar-refractivity contribution < 1.29 is 9.47 Å². The van der Waals surface area contributed by atoms with Crippen LogP contribution in [0.25, 0.3) is 0 Å². The van der Waals surface area contributed by atoms with Crippen molar-refractivity contribution >= 4 is 15.9 Å². The topological polar surface area (TPSA) is 44.5 Å². The molecule has 0 aromatic heterocycles. The highest BCUT2D eigenvalue weighted by Gasteiger charge is 2.07. The number of hydrogen-bond acceptors (Lipinski definition) is 3. The Morgan fingerprint density at radius 1 is 1.00 bits per heavy atom. The Morgan fingerprint density at radius 2 is 1.86 bits per heavy atom. The van der Waals surface area contributed by atoms with E-state index in [0.29, 0.717) is 19.8 Å². The molecule has 0 heterocycles. The standard InChI is InChI=1S/C18H22BrNO2/c1-2-21-18-12-14(6-4-10-20)8-9-17(18)22-13-15-5-3-7-16(19)11-15/h3,5,7-9,11-12H,2,4,6,10,13,20H2,1H3. The molecule has 0 atom stereocenters. The molecule has 0 aliphatic carbocycles. The van der Waals surface area contributed by atoms with Gasteiger partial charge in [-0.1, -0.05) is 34.1 Å². The first-order chi connectivity index (χ1) is 10.7. The van der Waals surface area contributed by atoms with E-state index in [9.17, 15) is 0 Å². The van der Waals surface area contributed by atoms with Crippen molar-refractivity contribution in [3.05, 3.63) is 58.1 Å². The number of halogens is 1. The Bertz CT molecular complexity index is 601. The Balaban J connectivity index is 2.08. The van der Waals surface area contributed by atoms with Gasteiger partial charge in [0.05, 0.1) is 6.61 Å². The minimum absolute atomic E-state index is 0.516. The molecule has 0 aliphatic heterocycles. The maximum atomic E-state index is 5.92. The van der Waals surface area contributed by atoms with Crippen LogP contribution in [0.1, 0.15) is 24.5 Å². The average Bonchev–Trinajstić information content (AvgIpc) is 2.52. The molecule has 0 unspecified atom stereocenters. The molecule has 0 saturated heterocycles. The second-order valence-electron chi connectivity index (χ2n) is 5.02. The van der Waals surface area contributed by atoms with Crippen molar-refractivity contribution in [2.75, 3.05) is 13.2 Å². The van der Waals surface area contributed by atoms with Crippen LogP contribution in [0.2, 0.25) is 0 Å². The highest BCUT2D eigenvalue weighted by molar-refractivity contribution is 9.10. The van der Waals surface area contributed by atoms with Crippen LogP contribution in [-0.2, 0) is 13.0 Å². The lowest BCUT2D eigenvalue weighted by atomic mass is 10.1. The van der Waals surface area contributed by atoms with E-state index in [1.807, 2.05) is 31.2 Å². The normalized spacial score (nSPS) is 10.5. The molecule has 4 heteroatoms. The van der Waals surface area contributed by atoms with Gasteiger partial charge in [0.1, 0.15) is 6.61 Å². The first-order valence-corrected chi connectivity index (χ1v) is 8.35. The summed E-state index contributed by atoms with van der Waals surface area (Å²) in [6.45, 7) is 3.81. The predicted molar refractivity (Wildman–Crippen MR) is 93.5 cm³/mol. The van der Waals surface area contributed by atoms with Crippen molar-refractivity contribution in [3.63, 3.8) is 0 Å². The second-order valence-corrected chi connectivity index (χ2v) is 5.94. The molecule has 0 spiro atoms. The number of hydrogen-bond donors (Lipinski definition) is 1. The molecule has 0 amide bonds. The minimum Gasteiger partial charge on any atom is -0.490 e. The largest absolute Gasteiger partial charge is 0.490 e. The van der Waals surface area contributed by atoms with Crippen LogP contribution in [-0.4, -0.2) is 13.2 Å². The summed E-state index contributed by atoms with van der Waals surface area (Å²) in [6, 6.07) is 14.2. The molecule has 0 saturated carbocycles. The molecule has 118 valence electrons. The van der Waals surface area contributed by atoms with Crippen molar-refractivity contribution in [2.24, 2.45) is 5.73 Å². The van der Waals surface area contributed by atoms with E-state index in [1.54, 1.807) is 0 Å². The summed E-state index contributed by atoms with van der Waals surface area (Å²) >= 11 is 3.47. The van der Waals surface area contributed by atoms with Gasteiger partial charge in [0.2, 0.25) is 0 Å². The van der Waals surface area contributed by atoms with Gasteiger partial charge in [-0.3, -0.25) is 0 Å². The monoisotopic (exact) mass is 363 g/mol. The molecule has 2 N–H and O–H groups in total. The number of ether oxygens (including phenoxy) is 2. The molecule has 0 bridgehead atoms. The summed E-state index contributed by atoms with van der Waals surface area (Å²) in [5.74, 6) is 1.57. The Hall–Kier alpha value is -1.52. The van der Waals surface area contributed by atoms with E-state index in [-0.39, 0.29) is 0 Å². The molecular weight excluding hydrogens is 342 g/mol. The lowest BCUT2D eigenvalue weighted by Gasteiger charge is -2.13. The molecule has 2 aromatic carbocycles. The molecule has 2 rings (SSSR count). The van der Waals surface area contributed by atoms with Gasteiger partial charge >= 0.3 is 0 Å². The van der Waals surface area contributed by atoms with Crippen molar-refractivity contribution in [2.45, 2.75) is 26.4 Å². The summed E-state index contributed by atoms with van der Waals surface area (Å²) in [4.78, 5) is 0. The van der Waals surface area contributed by atoms with E-state index in [0.717, 1.165) is 34.4 Å². The summed E-state index contributed by atoms with van der Waals surface area (Å²) in [6.07, 6.45) is 1.94. The van der Waals surface area contributed by atoms with Crippen LogP contribution in [0.3, 0.4) is 0 Å². The van der Waals surface area contributed by atoms with E-state index < -0.39 is 0 Å². The second kappa shape index (κ2) is 8.81. The molecule has 22 heavy (non-hydrogen) atoms. The van der Waals surface area contributed by atoms with Crippen LogP contribution < -0.4 is 15.2 Å². The third kappa shape index (κ3) is 5.04. The molecule has 0 radical (unpaired) electrons. The summed E-state index contributed by atoms with van der Waals surface area (Å²) < 4.78 is 12.7. The fourth-order valence-electron chi connectivity index (χ4n) is 2.19. The van der Waals surface area contributed by atoms with Gasteiger partial charge in [0.15, 0.2) is 11.5 Å². The Labute approximate surface area is 140 Å². The van der Waals surface area contributed by atoms with Crippen LogP contribution in [0.15, 0.2) is 46.9 Å². The molecular formula is C18H22BrNO2. The smallest absolute Gasteiger partial charge is 0.161 e. The third-order valence-corrected chi connectivity index (χ3v) is 3.75. The summed E-state index contributed by atoms with van der Waals surface area (Å²) in [7, 11) is 0. The van der Waals surface area contributed by atoms with Crippen LogP contribution in [0.4, 0.5) is 0 Å². The number of benzene rings is 2. The summed E-state index contributed by atoms with van der Waals surface area (Å²) in [5.41, 5.74) is 7.91. The third-order valence-electron chi connectivity index (χ3n) is 3.26. The molecule has 3 nitrogen and oxygen atoms in total. The number of aryl methyl sites for hydroxylation is 1. The molecule has 2 aromatic rings. The van der Waals surface area contributed by atoms with Gasteiger partial charge in [-0.05, 0) is 61.7 Å². The van der Waals surface area contributed by atoms with Crippen LogP contribution in [0, 0.1) is 0 Å². The minimum atomic E-state index is 0.516.